The summed E-state index contributed by atoms with van der Waals surface area (Å²) in [6.07, 6.45) is 0. The second kappa shape index (κ2) is 6.08. The molecule has 0 radical (unpaired) electrons. The minimum atomic E-state index is -0.636. The summed E-state index contributed by atoms with van der Waals surface area (Å²) in [6.45, 7) is 4.10. The van der Waals surface area contributed by atoms with Gasteiger partial charge in [0.25, 0.3) is 5.91 Å². The van der Waals surface area contributed by atoms with Crippen LogP contribution < -0.4 is 10.9 Å². The molecule has 0 saturated carbocycles. The van der Waals surface area contributed by atoms with Crippen LogP contribution in [0.4, 0.5) is 5.69 Å². The average molecular weight is 307 g/mol. The second-order valence-corrected chi connectivity index (χ2v) is 5.68. The third-order valence-corrected chi connectivity index (χ3v) is 3.72. The molecule has 23 heavy (non-hydrogen) atoms. The fourth-order valence-electron chi connectivity index (χ4n) is 2.52. The lowest BCUT2D eigenvalue weighted by Gasteiger charge is -2.13. The number of para-hydroxylation sites is 2. The summed E-state index contributed by atoms with van der Waals surface area (Å²) in [5.41, 5.74) is 1.56. The zero-order valence-corrected chi connectivity index (χ0v) is 13.0. The number of nitrogens with one attached hydrogen (secondary N) is 1. The molecule has 0 aliphatic carbocycles. The number of carbonyl (C=O) groups is 1. The van der Waals surface area contributed by atoms with Gasteiger partial charge in [0, 0.05) is 11.1 Å². The lowest BCUT2D eigenvalue weighted by Crippen LogP contribution is -2.21. The maximum Gasteiger partial charge on any atom is 0.349 e. The predicted octanol–water partition coefficient (Wildman–Crippen LogP) is 4.17. The highest BCUT2D eigenvalue weighted by Crippen LogP contribution is 2.24. The van der Waals surface area contributed by atoms with Crippen molar-refractivity contribution in [3.63, 3.8) is 0 Å². The highest BCUT2D eigenvalue weighted by molar-refractivity contribution is 6.05. The summed E-state index contributed by atoms with van der Waals surface area (Å²) in [4.78, 5) is 24.5. The Balaban J connectivity index is 1.98. The van der Waals surface area contributed by atoms with Gasteiger partial charge in [0.2, 0.25) is 0 Å². The molecule has 116 valence electrons. The zero-order valence-electron chi connectivity index (χ0n) is 13.0. The summed E-state index contributed by atoms with van der Waals surface area (Å²) in [5.74, 6) is -0.197. The summed E-state index contributed by atoms with van der Waals surface area (Å²) in [7, 11) is 0. The number of fused-ring (bicyclic) bond motifs is 1. The first-order valence-corrected chi connectivity index (χ1v) is 7.49. The normalized spacial score (nSPS) is 10.9. The maximum absolute atomic E-state index is 12.5. The monoisotopic (exact) mass is 307 g/mol. The fraction of sp³-hybridized carbons (Fsp3) is 0.158. The van der Waals surface area contributed by atoms with Crippen LogP contribution in [0.15, 0.2) is 63.8 Å². The van der Waals surface area contributed by atoms with Crippen LogP contribution in [0, 0.1) is 0 Å². The van der Waals surface area contributed by atoms with Crippen LogP contribution in [-0.4, -0.2) is 5.91 Å². The van der Waals surface area contributed by atoms with Gasteiger partial charge in [0.15, 0.2) is 0 Å². The second-order valence-electron chi connectivity index (χ2n) is 5.68. The molecule has 1 heterocycles. The largest absolute Gasteiger partial charge is 0.422 e. The van der Waals surface area contributed by atoms with Gasteiger partial charge in [-0.05, 0) is 29.7 Å². The van der Waals surface area contributed by atoms with E-state index in [-0.39, 0.29) is 11.5 Å². The van der Waals surface area contributed by atoms with Crippen LogP contribution in [0.3, 0.4) is 0 Å². The maximum atomic E-state index is 12.5. The molecule has 0 aliphatic heterocycles. The standard InChI is InChI=1S/C19H17NO3/c1-12(2)14-8-4-5-9-16(14)20-18(21)15-11-13-7-3-6-10-17(13)23-19(15)22/h3-12H,1-2H3,(H,20,21). The van der Waals surface area contributed by atoms with Gasteiger partial charge in [-0.25, -0.2) is 4.79 Å². The van der Waals surface area contributed by atoms with Crippen molar-refractivity contribution in [1.29, 1.82) is 0 Å². The van der Waals surface area contributed by atoms with Crippen LogP contribution in [0.2, 0.25) is 0 Å². The van der Waals surface area contributed by atoms with Crippen molar-refractivity contribution in [1.82, 2.24) is 0 Å². The lowest BCUT2D eigenvalue weighted by atomic mass is 10.0. The highest BCUT2D eigenvalue weighted by atomic mass is 16.4. The molecule has 0 atom stereocenters. The van der Waals surface area contributed by atoms with Gasteiger partial charge in [0.05, 0.1) is 0 Å². The Morgan fingerprint density at radius 3 is 2.52 bits per heavy atom. The molecule has 2 aromatic carbocycles. The molecule has 0 aliphatic rings. The number of carbonyl (C=O) groups excluding carboxylic acids is 1. The molecule has 0 bridgehead atoms. The number of hydrogen-bond donors (Lipinski definition) is 1. The predicted molar refractivity (Wildman–Crippen MR) is 91.0 cm³/mol. The Bertz CT molecular complexity index is 925. The van der Waals surface area contributed by atoms with E-state index in [9.17, 15) is 9.59 Å². The number of amides is 1. The molecule has 1 aromatic heterocycles. The third kappa shape index (κ3) is 3.01. The van der Waals surface area contributed by atoms with Crippen molar-refractivity contribution >= 4 is 22.6 Å². The van der Waals surface area contributed by atoms with Crippen molar-refractivity contribution in [3.8, 4) is 0 Å². The van der Waals surface area contributed by atoms with Crippen molar-refractivity contribution in [2.24, 2.45) is 0 Å². The SMILES string of the molecule is CC(C)c1ccccc1NC(=O)c1cc2ccccc2oc1=O. The van der Waals surface area contributed by atoms with E-state index in [0.717, 1.165) is 10.9 Å². The molecular formula is C19H17NO3. The molecule has 1 N–H and O–H groups in total. The van der Waals surface area contributed by atoms with E-state index >= 15 is 0 Å². The Kier molecular flexibility index (Phi) is 3.98. The highest BCUT2D eigenvalue weighted by Gasteiger charge is 2.15. The Morgan fingerprint density at radius 1 is 1.04 bits per heavy atom. The van der Waals surface area contributed by atoms with Crippen molar-refractivity contribution in [3.05, 3.63) is 76.1 Å². The first-order chi connectivity index (χ1) is 11.1. The summed E-state index contributed by atoms with van der Waals surface area (Å²) < 4.78 is 5.21. The van der Waals surface area contributed by atoms with Crippen molar-refractivity contribution in [2.45, 2.75) is 19.8 Å². The van der Waals surface area contributed by atoms with Crippen LogP contribution >= 0.6 is 0 Å². The van der Waals surface area contributed by atoms with E-state index in [4.69, 9.17) is 4.42 Å². The molecule has 3 aromatic rings. The van der Waals surface area contributed by atoms with Gasteiger partial charge in [0.1, 0.15) is 11.1 Å². The minimum Gasteiger partial charge on any atom is -0.422 e. The van der Waals surface area contributed by atoms with Gasteiger partial charge >= 0.3 is 5.63 Å². The molecule has 1 amide bonds. The van der Waals surface area contributed by atoms with Crippen LogP contribution in [-0.2, 0) is 0 Å². The fourth-order valence-corrected chi connectivity index (χ4v) is 2.52. The molecule has 3 rings (SSSR count). The molecule has 0 spiro atoms. The van der Waals surface area contributed by atoms with Crippen molar-refractivity contribution < 1.29 is 9.21 Å². The van der Waals surface area contributed by atoms with Gasteiger partial charge in [-0.2, -0.15) is 0 Å². The summed E-state index contributed by atoms with van der Waals surface area (Å²) >= 11 is 0. The number of rotatable bonds is 3. The number of hydrogen-bond acceptors (Lipinski definition) is 3. The van der Waals surface area contributed by atoms with Crippen molar-refractivity contribution in [2.75, 3.05) is 5.32 Å². The lowest BCUT2D eigenvalue weighted by molar-refractivity contribution is 0.102. The van der Waals surface area contributed by atoms with Crippen LogP contribution in [0.25, 0.3) is 11.0 Å². The Hall–Kier alpha value is -2.88. The van der Waals surface area contributed by atoms with E-state index in [1.807, 2.05) is 30.3 Å². The van der Waals surface area contributed by atoms with Gasteiger partial charge in [-0.15, -0.1) is 0 Å². The topological polar surface area (TPSA) is 59.3 Å². The first kappa shape index (κ1) is 15.0. The van der Waals surface area contributed by atoms with Crippen LogP contribution in [0.1, 0.15) is 35.7 Å². The molecule has 0 unspecified atom stereocenters. The van der Waals surface area contributed by atoms with Gasteiger partial charge in [-0.3, -0.25) is 4.79 Å². The third-order valence-electron chi connectivity index (χ3n) is 3.72. The zero-order chi connectivity index (χ0) is 16.4. The summed E-state index contributed by atoms with van der Waals surface area (Å²) in [6, 6.07) is 16.2. The number of benzene rings is 2. The molecule has 0 fully saturated rings. The quantitative estimate of drug-likeness (QED) is 0.739. The van der Waals surface area contributed by atoms with Crippen LogP contribution in [0.5, 0.6) is 0 Å². The Labute approximate surface area is 133 Å². The van der Waals surface area contributed by atoms with E-state index in [1.165, 1.54) is 0 Å². The first-order valence-electron chi connectivity index (χ1n) is 7.49. The van der Waals surface area contributed by atoms with E-state index in [0.29, 0.717) is 11.3 Å². The van der Waals surface area contributed by atoms with E-state index in [2.05, 4.69) is 19.2 Å². The average Bonchev–Trinajstić information content (AvgIpc) is 2.54. The molecule has 4 nitrogen and oxygen atoms in total. The summed E-state index contributed by atoms with van der Waals surface area (Å²) in [5, 5.41) is 3.53. The molecule has 4 heteroatoms. The smallest absolute Gasteiger partial charge is 0.349 e. The number of anilines is 1. The minimum absolute atomic E-state index is 0.00209. The molecule has 0 saturated heterocycles. The molecular weight excluding hydrogens is 290 g/mol. The Morgan fingerprint density at radius 2 is 1.74 bits per heavy atom. The van der Waals surface area contributed by atoms with Gasteiger partial charge in [-0.1, -0.05) is 50.2 Å². The van der Waals surface area contributed by atoms with E-state index < -0.39 is 11.5 Å². The van der Waals surface area contributed by atoms with Gasteiger partial charge < -0.3 is 9.73 Å². The van der Waals surface area contributed by atoms with E-state index in [1.54, 1.807) is 24.3 Å².